The number of carbonyl (C=O) groups excluding carboxylic acids is 4. The van der Waals surface area contributed by atoms with Crippen LogP contribution in [0.1, 0.15) is 52.7 Å². The van der Waals surface area contributed by atoms with Crippen molar-refractivity contribution < 1.29 is 23.6 Å². The summed E-state index contributed by atoms with van der Waals surface area (Å²) in [6, 6.07) is 17.1. The fourth-order valence-electron chi connectivity index (χ4n) is 5.18. The number of nitrogens with one attached hydrogen (secondary N) is 1. The summed E-state index contributed by atoms with van der Waals surface area (Å²) in [5.74, 6) is -1.43. The number of amides is 3. The highest BCUT2D eigenvalue weighted by molar-refractivity contribution is 6.48. The molecule has 3 amide bonds. The number of carbonyl (C=O) groups is 4. The fraction of sp³-hybridized carbons (Fsp3) is 0.455. The van der Waals surface area contributed by atoms with Crippen molar-refractivity contribution in [2.24, 2.45) is 11.3 Å². The summed E-state index contributed by atoms with van der Waals surface area (Å²) in [7, 11) is -1.59. The monoisotopic (exact) mass is 591 g/mol. The molecule has 42 heavy (non-hydrogen) atoms. The standard InChI is InChI=1S/C33H45N3O5Si/c1-22(2)29-32(40)36(27(20-35(29)23(3)37)25-17-13-10-14-18-25)21-28(38)34-26(19-24-15-11-9-12-16-24)30(39)31(33(4,5)6)41-42(7)8/h9-18,20,22,26,29,31,42H,19,21H2,1-8H3,(H,34,38)/t26-,29+,31?/m0/s1. The van der Waals surface area contributed by atoms with Gasteiger partial charge in [0, 0.05) is 13.1 Å². The zero-order valence-electron chi connectivity index (χ0n) is 26.1. The van der Waals surface area contributed by atoms with Crippen LogP contribution in [0.25, 0.3) is 5.70 Å². The SMILES string of the molecule is CC(=O)N1C=C(c2ccccc2)N(CC(=O)N[C@@H](Cc2ccccc2)C(=O)C(O[SiH](C)C)C(C)(C)C)C(=O)[C@H]1C(C)C. The molecular formula is C33H45N3O5Si. The molecule has 0 radical (unpaired) electrons. The van der Waals surface area contributed by atoms with Crippen molar-refractivity contribution in [2.45, 2.75) is 79.2 Å². The molecule has 1 heterocycles. The van der Waals surface area contributed by atoms with E-state index < -0.39 is 38.6 Å². The van der Waals surface area contributed by atoms with Crippen molar-refractivity contribution in [3.8, 4) is 0 Å². The second kappa shape index (κ2) is 14.1. The first-order valence-electron chi connectivity index (χ1n) is 14.6. The zero-order valence-corrected chi connectivity index (χ0v) is 27.2. The van der Waals surface area contributed by atoms with Gasteiger partial charge in [-0.25, -0.2) is 0 Å². The number of rotatable bonds is 11. The molecule has 2 aromatic carbocycles. The molecule has 1 aliphatic rings. The van der Waals surface area contributed by atoms with Crippen LogP contribution in [0, 0.1) is 11.3 Å². The van der Waals surface area contributed by atoms with Crippen molar-refractivity contribution in [1.82, 2.24) is 15.1 Å². The first kappa shape index (κ1) is 32.9. The average Bonchev–Trinajstić information content (AvgIpc) is 2.91. The molecule has 1 aliphatic heterocycles. The van der Waals surface area contributed by atoms with E-state index in [9.17, 15) is 19.2 Å². The maximum atomic E-state index is 14.0. The average molecular weight is 592 g/mol. The predicted molar refractivity (Wildman–Crippen MR) is 168 cm³/mol. The van der Waals surface area contributed by atoms with Crippen LogP contribution in [0.2, 0.25) is 13.1 Å². The van der Waals surface area contributed by atoms with Gasteiger partial charge < -0.3 is 14.6 Å². The second-order valence-corrected chi connectivity index (χ2v) is 14.9. The third-order valence-electron chi connectivity index (χ3n) is 7.15. The van der Waals surface area contributed by atoms with Gasteiger partial charge in [0.2, 0.25) is 11.8 Å². The molecule has 0 saturated carbocycles. The maximum absolute atomic E-state index is 14.0. The highest BCUT2D eigenvalue weighted by atomic mass is 28.3. The molecule has 0 aliphatic carbocycles. The van der Waals surface area contributed by atoms with Crippen molar-refractivity contribution in [1.29, 1.82) is 0 Å². The Morgan fingerprint density at radius 3 is 2.05 bits per heavy atom. The van der Waals surface area contributed by atoms with E-state index in [4.69, 9.17) is 4.43 Å². The smallest absolute Gasteiger partial charge is 0.250 e. The van der Waals surface area contributed by atoms with Crippen LogP contribution in [0.15, 0.2) is 66.9 Å². The number of Topliss-reactive ketones (excluding diaryl/α,β-unsaturated/α-hetero) is 1. The van der Waals surface area contributed by atoms with Crippen molar-refractivity contribution in [3.05, 3.63) is 78.0 Å². The van der Waals surface area contributed by atoms with Crippen LogP contribution in [-0.2, 0) is 30.0 Å². The van der Waals surface area contributed by atoms with E-state index in [1.807, 2.05) is 108 Å². The van der Waals surface area contributed by atoms with Gasteiger partial charge in [0.15, 0.2) is 14.8 Å². The molecule has 226 valence electrons. The lowest BCUT2D eigenvalue weighted by Gasteiger charge is -2.41. The van der Waals surface area contributed by atoms with Crippen LogP contribution < -0.4 is 5.32 Å². The molecule has 8 nitrogen and oxygen atoms in total. The highest BCUT2D eigenvalue weighted by Crippen LogP contribution is 2.30. The van der Waals surface area contributed by atoms with E-state index in [1.165, 1.54) is 16.7 Å². The molecule has 0 aromatic heterocycles. The number of benzene rings is 2. The van der Waals surface area contributed by atoms with Crippen LogP contribution >= 0.6 is 0 Å². The van der Waals surface area contributed by atoms with Crippen molar-refractivity contribution in [2.75, 3.05) is 6.54 Å². The molecule has 1 unspecified atom stereocenters. The zero-order chi connectivity index (χ0) is 31.2. The Morgan fingerprint density at radius 1 is 0.976 bits per heavy atom. The Morgan fingerprint density at radius 2 is 1.55 bits per heavy atom. The van der Waals surface area contributed by atoms with Gasteiger partial charge in [-0.1, -0.05) is 95.3 Å². The van der Waals surface area contributed by atoms with Gasteiger partial charge in [0.25, 0.3) is 5.91 Å². The molecule has 0 spiro atoms. The topological polar surface area (TPSA) is 96.0 Å². The van der Waals surface area contributed by atoms with Gasteiger partial charge in [-0.3, -0.25) is 24.1 Å². The van der Waals surface area contributed by atoms with Gasteiger partial charge in [-0.15, -0.1) is 0 Å². The Hall–Kier alpha value is -3.56. The first-order valence-corrected chi connectivity index (χ1v) is 17.4. The minimum Gasteiger partial charge on any atom is -0.410 e. The van der Waals surface area contributed by atoms with Gasteiger partial charge in [0.05, 0.1) is 11.7 Å². The molecule has 0 saturated heterocycles. The second-order valence-electron chi connectivity index (χ2n) is 12.6. The van der Waals surface area contributed by atoms with Gasteiger partial charge in [-0.2, -0.15) is 0 Å². The Bertz CT molecular complexity index is 1290. The summed E-state index contributed by atoms with van der Waals surface area (Å²) < 4.78 is 6.22. The van der Waals surface area contributed by atoms with Crippen LogP contribution in [0.3, 0.4) is 0 Å². The summed E-state index contributed by atoms with van der Waals surface area (Å²) in [6.07, 6.45) is 1.26. The van der Waals surface area contributed by atoms with Crippen LogP contribution in [0.5, 0.6) is 0 Å². The lowest BCUT2D eigenvalue weighted by molar-refractivity contribution is -0.145. The van der Waals surface area contributed by atoms with Gasteiger partial charge in [-0.05, 0) is 42.0 Å². The molecule has 2 aromatic rings. The summed E-state index contributed by atoms with van der Waals surface area (Å²) in [4.78, 5) is 57.1. The Labute approximate surface area is 251 Å². The molecule has 9 heteroatoms. The largest absolute Gasteiger partial charge is 0.410 e. The van der Waals surface area contributed by atoms with E-state index in [-0.39, 0.29) is 30.1 Å². The molecular weight excluding hydrogens is 546 g/mol. The molecule has 1 N–H and O–H groups in total. The maximum Gasteiger partial charge on any atom is 0.250 e. The Kier molecular flexibility index (Phi) is 11.0. The molecule has 3 rings (SSSR count). The summed E-state index contributed by atoms with van der Waals surface area (Å²) >= 11 is 0. The van der Waals surface area contributed by atoms with E-state index in [1.54, 1.807) is 6.20 Å². The summed E-state index contributed by atoms with van der Waals surface area (Å²) in [6.45, 7) is 14.8. The molecule has 0 fully saturated rings. The fourth-order valence-corrected chi connectivity index (χ4v) is 6.27. The van der Waals surface area contributed by atoms with Gasteiger partial charge in [0.1, 0.15) is 18.7 Å². The van der Waals surface area contributed by atoms with E-state index in [0.29, 0.717) is 17.7 Å². The lowest BCUT2D eigenvalue weighted by atomic mass is 9.83. The third kappa shape index (κ3) is 8.26. The highest BCUT2D eigenvalue weighted by Gasteiger charge is 2.41. The third-order valence-corrected chi connectivity index (χ3v) is 7.97. The lowest BCUT2D eigenvalue weighted by Crippen LogP contribution is -2.57. The van der Waals surface area contributed by atoms with Crippen molar-refractivity contribution in [3.63, 3.8) is 0 Å². The van der Waals surface area contributed by atoms with E-state index >= 15 is 0 Å². The minimum atomic E-state index is -1.59. The molecule has 0 bridgehead atoms. The van der Waals surface area contributed by atoms with Gasteiger partial charge >= 0.3 is 0 Å². The van der Waals surface area contributed by atoms with Crippen LogP contribution in [0.4, 0.5) is 0 Å². The predicted octanol–water partition coefficient (Wildman–Crippen LogP) is 4.41. The first-order chi connectivity index (χ1) is 19.7. The van der Waals surface area contributed by atoms with Crippen LogP contribution in [-0.4, -0.2) is 67.1 Å². The minimum absolute atomic E-state index is 0.183. The quantitative estimate of drug-likeness (QED) is 0.391. The number of nitrogens with zero attached hydrogens (tertiary/aromatic N) is 2. The molecule has 3 atom stereocenters. The van der Waals surface area contributed by atoms with E-state index in [0.717, 1.165) is 5.56 Å². The number of hydrogen-bond donors (Lipinski definition) is 1. The normalized spacial score (nSPS) is 17.2. The number of hydrogen-bond acceptors (Lipinski definition) is 5. The number of ketones is 1. The summed E-state index contributed by atoms with van der Waals surface area (Å²) in [5, 5.41) is 2.95. The van der Waals surface area contributed by atoms with E-state index in [2.05, 4.69) is 5.32 Å². The summed E-state index contributed by atoms with van der Waals surface area (Å²) in [5.41, 5.74) is 1.59. The van der Waals surface area contributed by atoms with Crippen molar-refractivity contribution >= 4 is 38.2 Å². The Balaban J connectivity index is 1.97.